The number of hydrogen-bond donors (Lipinski definition) is 0. The highest BCUT2D eigenvalue weighted by Crippen LogP contribution is 2.32. The number of aromatic nitrogens is 1. The molecule has 2 unspecified atom stereocenters. The number of rotatable bonds is 3. The maximum absolute atomic E-state index is 13.1. The summed E-state index contributed by atoms with van der Waals surface area (Å²) in [5, 5.41) is 10.6. The van der Waals surface area contributed by atoms with Crippen molar-refractivity contribution >= 4 is 45.0 Å². The summed E-state index contributed by atoms with van der Waals surface area (Å²) in [4.78, 5) is 31.4. The highest BCUT2D eigenvalue weighted by Gasteiger charge is 2.40. The van der Waals surface area contributed by atoms with Gasteiger partial charge in [0.15, 0.2) is 11.7 Å². The van der Waals surface area contributed by atoms with Gasteiger partial charge in [-0.05, 0) is 51.8 Å². The second-order valence-corrected chi connectivity index (χ2v) is 8.96. The maximum Gasteiger partial charge on any atom is 0.410 e. The zero-order valence-electron chi connectivity index (χ0n) is 15.4. The van der Waals surface area contributed by atoms with Crippen molar-refractivity contribution in [3.8, 4) is 6.07 Å². The first-order valence-electron chi connectivity index (χ1n) is 8.68. The molecule has 0 spiro atoms. The van der Waals surface area contributed by atoms with E-state index in [1.165, 1.54) is 16.2 Å². The minimum atomic E-state index is -1.02. The molecule has 1 aliphatic rings. The number of ketones is 1. The van der Waals surface area contributed by atoms with Gasteiger partial charge in [-0.15, -0.1) is 11.3 Å². The van der Waals surface area contributed by atoms with Crippen molar-refractivity contribution in [2.75, 3.05) is 6.54 Å². The summed E-state index contributed by atoms with van der Waals surface area (Å²) in [6.45, 7) is 5.78. The Balaban J connectivity index is 1.85. The molecular weight excluding hydrogens is 386 g/mol. The Hall–Kier alpha value is -2.17. The number of thiazole rings is 1. The van der Waals surface area contributed by atoms with Gasteiger partial charge < -0.3 is 4.74 Å². The summed E-state index contributed by atoms with van der Waals surface area (Å²) in [6, 6.07) is 6.67. The van der Waals surface area contributed by atoms with Crippen molar-refractivity contribution in [3.05, 3.63) is 28.2 Å². The number of nitrogens with zero attached hydrogens (tertiary/aromatic N) is 3. The van der Waals surface area contributed by atoms with E-state index < -0.39 is 23.7 Å². The van der Waals surface area contributed by atoms with E-state index in [0.717, 1.165) is 4.70 Å². The molecular formula is C19H20ClN3O3S. The van der Waals surface area contributed by atoms with Crippen LogP contribution in [-0.4, -0.2) is 39.9 Å². The van der Waals surface area contributed by atoms with Gasteiger partial charge in [0.05, 0.1) is 22.3 Å². The second kappa shape index (κ2) is 7.45. The molecule has 3 rings (SSSR count). The Morgan fingerprint density at radius 1 is 1.44 bits per heavy atom. The lowest BCUT2D eigenvalue weighted by molar-refractivity contribution is -0.123. The van der Waals surface area contributed by atoms with Gasteiger partial charge in [0.2, 0.25) is 0 Å². The Bertz CT molecular complexity index is 928. The van der Waals surface area contributed by atoms with Crippen LogP contribution < -0.4 is 0 Å². The van der Waals surface area contributed by atoms with Crippen LogP contribution in [0, 0.1) is 11.3 Å². The van der Waals surface area contributed by atoms with Crippen molar-refractivity contribution in [2.45, 2.75) is 51.2 Å². The molecule has 2 heterocycles. The van der Waals surface area contributed by atoms with E-state index in [4.69, 9.17) is 16.3 Å². The van der Waals surface area contributed by atoms with Crippen LogP contribution in [0.3, 0.4) is 0 Å². The first-order chi connectivity index (χ1) is 12.7. The third kappa shape index (κ3) is 4.23. The zero-order chi connectivity index (χ0) is 19.8. The van der Waals surface area contributed by atoms with Crippen molar-refractivity contribution in [1.29, 1.82) is 5.26 Å². The normalized spacial score (nSPS) is 18.3. The fourth-order valence-electron chi connectivity index (χ4n) is 3.08. The van der Waals surface area contributed by atoms with Crippen LogP contribution in [0.2, 0.25) is 5.02 Å². The molecule has 1 amide bonds. The minimum absolute atomic E-state index is 0.314. The number of nitriles is 1. The molecule has 1 fully saturated rings. The van der Waals surface area contributed by atoms with Gasteiger partial charge >= 0.3 is 6.09 Å². The van der Waals surface area contributed by atoms with Gasteiger partial charge in [-0.1, -0.05) is 11.6 Å². The van der Waals surface area contributed by atoms with Gasteiger partial charge in [0, 0.05) is 11.6 Å². The summed E-state index contributed by atoms with van der Waals surface area (Å²) >= 11 is 7.29. The smallest absolute Gasteiger partial charge is 0.410 e. The van der Waals surface area contributed by atoms with E-state index in [0.29, 0.717) is 34.9 Å². The van der Waals surface area contributed by atoms with E-state index in [2.05, 4.69) is 11.1 Å². The standard InChI is InChI=1S/C19H20ClN3O3S/c1-19(2,3)26-18(25)23-8-4-5-14(23)16(24)12(10-21)17-22-13-9-11(20)6-7-15(13)27-17/h6-7,9,12,14H,4-5,8H2,1-3H3. The van der Waals surface area contributed by atoms with Gasteiger partial charge in [-0.3, -0.25) is 9.69 Å². The molecule has 0 saturated carbocycles. The van der Waals surface area contributed by atoms with Crippen LogP contribution >= 0.6 is 22.9 Å². The number of fused-ring (bicyclic) bond motifs is 1. The van der Waals surface area contributed by atoms with Crippen LogP contribution in [0.25, 0.3) is 10.2 Å². The highest BCUT2D eigenvalue weighted by atomic mass is 35.5. The molecule has 6 nitrogen and oxygen atoms in total. The zero-order valence-corrected chi connectivity index (χ0v) is 16.9. The Kier molecular flexibility index (Phi) is 5.41. The van der Waals surface area contributed by atoms with E-state index >= 15 is 0 Å². The summed E-state index contributed by atoms with van der Waals surface area (Å²) < 4.78 is 6.27. The number of amides is 1. The molecule has 27 heavy (non-hydrogen) atoms. The number of hydrogen-bond acceptors (Lipinski definition) is 6. The van der Waals surface area contributed by atoms with Crippen molar-refractivity contribution in [3.63, 3.8) is 0 Å². The largest absolute Gasteiger partial charge is 0.444 e. The van der Waals surface area contributed by atoms with Crippen molar-refractivity contribution in [2.24, 2.45) is 0 Å². The molecule has 1 aromatic carbocycles. The molecule has 142 valence electrons. The SMILES string of the molecule is CC(C)(C)OC(=O)N1CCCC1C(=O)C(C#N)c1nc2cc(Cl)ccc2s1. The lowest BCUT2D eigenvalue weighted by Gasteiger charge is -2.28. The number of carbonyl (C=O) groups is 2. The lowest BCUT2D eigenvalue weighted by atomic mass is 9.98. The number of ether oxygens (including phenoxy) is 1. The summed E-state index contributed by atoms with van der Waals surface area (Å²) in [5.74, 6) is -1.33. The topological polar surface area (TPSA) is 83.3 Å². The van der Waals surface area contributed by atoms with E-state index in [1.807, 2.05) is 6.07 Å². The Labute approximate surface area is 166 Å². The third-order valence-corrected chi connectivity index (χ3v) is 5.57. The van der Waals surface area contributed by atoms with Gasteiger partial charge in [-0.25, -0.2) is 9.78 Å². The molecule has 1 aromatic heterocycles. The summed E-state index contributed by atoms with van der Waals surface area (Å²) in [6.07, 6.45) is 0.696. The first kappa shape index (κ1) is 19.6. The van der Waals surface area contributed by atoms with Crippen LogP contribution in [0.5, 0.6) is 0 Å². The van der Waals surface area contributed by atoms with Crippen molar-refractivity contribution in [1.82, 2.24) is 9.88 Å². The number of carbonyl (C=O) groups excluding carboxylic acids is 2. The quantitative estimate of drug-likeness (QED) is 0.749. The van der Waals surface area contributed by atoms with Gasteiger partial charge in [0.25, 0.3) is 0 Å². The van der Waals surface area contributed by atoms with Crippen LogP contribution in [0.15, 0.2) is 18.2 Å². The number of likely N-dealkylation sites (tertiary alicyclic amines) is 1. The third-order valence-electron chi connectivity index (χ3n) is 4.24. The maximum atomic E-state index is 13.1. The fourth-order valence-corrected chi connectivity index (χ4v) is 4.24. The Morgan fingerprint density at radius 2 is 2.19 bits per heavy atom. The van der Waals surface area contributed by atoms with E-state index in [9.17, 15) is 14.9 Å². The minimum Gasteiger partial charge on any atom is -0.444 e. The van der Waals surface area contributed by atoms with E-state index in [-0.39, 0.29) is 5.78 Å². The molecule has 0 aliphatic carbocycles. The Morgan fingerprint density at radius 3 is 2.85 bits per heavy atom. The second-order valence-electron chi connectivity index (χ2n) is 7.46. The van der Waals surface area contributed by atoms with Gasteiger partial charge in [-0.2, -0.15) is 5.26 Å². The van der Waals surface area contributed by atoms with Crippen molar-refractivity contribution < 1.29 is 14.3 Å². The van der Waals surface area contributed by atoms with E-state index in [1.54, 1.807) is 32.9 Å². The molecule has 0 bridgehead atoms. The fraction of sp³-hybridized carbons (Fsp3) is 0.474. The molecule has 0 radical (unpaired) electrons. The van der Waals surface area contributed by atoms with Crippen LogP contribution in [0.4, 0.5) is 4.79 Å². The average Bonchev–Trinajstić information content (AvgIpc) is 3.19. The van der Waals surface area contributed by atoms with Gasteiger partial charge in [0.1, 0.15) is 10.6 Å². The molecule has 1 saturated heterocycles. The highest BCUT2D eigenvalue weighted by molar-refractivity contribution is 7.18. The average molecular weight is 406 g/mol. The predicted octanol–water partition coefficient (Wildman–Crippen LogP) is 4.53. The van der Waals surface area contributed by atoms with Crippen LogP contribution in [0.1, 0.15) is 44.5 Å². The summed E-state index contributed by atoms with van der Waals surface area (Å²) in [5.41, 5.74) is 0.0137. The molecule has 0 N–H and O–H groups in total. The molecule has 2 aromatic rings. The molecule has 2 atom stereocenters. The van der Waals surface area contributed by atoms with Crippen LogP contribution in [-0.2, 0) is 9.53 Å². The lowest BCUT2D eigenvalue weighted by Crippen LogP contribution is -2.44. The summed E-state index contributed by atoms with van der Waals surface area (Å²) in [7, 11) is 0. The predicted molar refractivity (Wildman–Crippen MR) is 104 cm³/mol. The first-order valence-corrected chi connectivity index (χ1v) is 9.88. The number of benzene rings is 1. The molecule has 1 aliphatic heterocycles. The number of Topliss-reactive ketones (excluding diaryl/α,β-unsaturated/α-hetero) is 1. The monoisotopic (exact) mass is 405 g/mol. The molecule has 8 heteroatoms. The number of halogens is 1.